The summed E-state index contributed by atoms with van der Waals surface area (Å²) in [6, 6.07) is 14.9. The van der Waals surface area contributed by atoms with E-state index in [1.54, 1.807) is 12.1 Å². The van der Waals surface area contributed by atoms with Gasteiger partial charge in [0.25, 0.3) is 0 Å². The third-order valence-electron chi connectivity index (χ3n) is 5.07. The van der Waals surface area contributed by atoms with Gasteiger partial charge in [0, 0.05) is 38.4 Å². The first-order valence-electron chi connectivity index (χ1n) is 9.65. The molecular weight excluding hydrogens is 341 g/mol. The van der Waals surface area contributed by atoms with Crippen LogP contribution in [0.2, 0.25) is 0 Å². The summed E-state index contributed by atoms with van der Waals surface area (Å²) >= 11 is 0. The number of nitrogens with one attached hydrogen (secondary N) is 1. The Labute approximate surface area is 161 Å². The van der Waals surface area contributed by atoms with Gasteiger partial charge in [-0.1, -0.05) is 44.2 Å². The lowest BCUT2D eigenvalue weighted by Gasteiger charge is -2.37. The minimum absolute atomic E-state index is 0.0195. The Bertz CT molecular complexity index is 752. The van der Waals surface area contributed by atoms with Gasteiger partial charge >= 0.3 is 6.03 Å². The van der Waals surface area contributed by atoms with E-state index in [0.29, 0.717) is 18.9 Å². The SMILES string of the molecule is CC(C)c1ccccc1N1CCN(C(=O)NCCc2ccc(F)cc2)CC1. The zero-order valence-corrected chi connectivity index (χ0v) is 16.1. The summed E-state index contributed by atoms with van der Waals surface area (Å²) in [4.78, 5) is 16.6. The molecule has 1 fully saturated rings. The predicted molar refractivity (Wildman–Crippen MR) is 108 cm³/mol. The van der Waals surface area contributed by atoms with Gasteiger partial charge in [0.2, 0.25) is 0 Å². The van der Waals surface area contributed by atoms with Gasteiger partial charge < -0.3 is 15.1 Å². The summed E-state index contributed by atoms with van der Waals surface area (Å²) in [5.74, 6) is 0.244. The first kappa shape index (κ1) is 19.2. The van der Waals surface area contributed by atoms with Crippen LogP contribution < -0.4 is 10.2 Å². The highest BCUT2D eigenvalue weighted by molar-refractivity contribution is 5.74. The number of benzene rings is 2. The topological polar surface area (TPSA) is 35.6 Å². The fourth-order valence-electron chi connectivity index (χ4n) is 3.49. The third-order valence-corrected chi connectivity index (χ3v) is 5.07. The van der Waals surface area contributed by atoms with E-state index in [9.17, 15) is 9.18 Å². The second-order valence-electron chi connectivity index (χ2n) is 7.30. The minimum Gasteiger partial charge on any atom is -0.368 e. The minimum atomic E-state index is -0.236. The summed E-state index contributed by atoms with van der Waals surface area (Å²) in [5, 5.41) is 2.97. The quantitative estimate of drug-likeness (QED) is 0.864. The Morgan fingerprint density at radius 1 is 1.04 bits per heavy atom. The number of piperazine rings is 1. The second-order valence-corrected chi connectivity index (χ2v) is 7.30. The van der Waals surface area contributed by atoms with E-state index in [1.165, 1.54) is 23.4 Å². The van der Waals surface area contributed by atoms with Crippen molar-refractivity contribution in [1.82, 2.24) is 10.2 Å². The number of carbonyl (C=O) groups is 1. The van der Waals surface area contributed by atoms with Crippen LogP contribution in [0.3, 0.4) is 0 Å². The van der Waals surface area contributed by atoms with Crippen LogP contribution in [0.25, 0.3) is 0 Å². The largest absolute Gasteiger partial charge is 0.368 e. The molecule has 27 heavy (non-hydrogen) atoms. The third kappa shape index (κ3) is 5.00. The van der Waals surface area contributed by atoms with E-state index in [2.05, 4.69) is 48.3 Å². The van der Waals surface area contributed by atoms with E-state index in [-0.39, 0.29) is 11.8 Å². The molecule has 1 saturated heterocycles. The molecule has 0 radical (unpaired) electrons. The lowest BCUT2D eigenvalue weighted by molar-refractivity contribution is 0.194. The van der Waals surface area contributed by atoms with Gasteiger partial charge in [-0.25, -0.2) is 9.18 Å². The Morgan fingerprint density at radius 3 is 2.37 bits per heavy atom. The number of para-hydroxylation sites is 1. The number of urea groups is 1. The van der Waals surface area contributed by atoms with Gasteiger partial charge in [-0.15, -0.1) is 0 Å². The number of amides is 2. The molecule has 1 heterocycles. The van der Waals surface area contributed by atoms with E-state index < -0.39 is 0 Å². The van der Waals surface area contributed by atoms with Crippen molar-refractivity contribution < 1.29 is 9.18 Å². The maximum absolute atomic E-state index is 12.9. The molecule has 0 saturated carbocycles. The molecule has 2 aromatic rings. The molecule has 0 atom stereocenters. The van der Waals surface area contributed by atoms with Gasteiger partial charge in [-0.3, -0.25) is 0 Å². The highest BCUT2D eigenvalue weighted by Crippen LogP contribution is 2.28. The molecule has 3 rings (SSSR count). The lowest BCUT2D eigenvalue weighted by Crippen LogP contribution is -2.52. The highest BCUT2D eigenvalue weighted by atomic mass is 19.1. The van der Waals surface area contributed by atoms with E-state index in [0.717, 1.165) is 31.7 Å². The summed E-state index contributed by atoms with van der Waals surface area (Å²) in [7, 11) is 0. The van der Waals surface area contributed by atoms with Gasteiger partial charge in [-0.05, 0) is 41.7 Å². The standard InChI is InChI=1S/C22H28FN3O/c1-17(2)20-5-3-4-6-21(20)25-13-15-26(16-14-25)22(27)24-12-11-18-7-9-19(23)10-8-18/h3-10,17H,11-16H2,1-2H3,(H,24,27). The van der Waals surface area contributed by atoms with Crippen molar-refractivity contribution in [2.45, 2.75) is 26.2 Å². The van der Waals surface area contributed by atoms with Crippen LogP contribution in [0.1, 0.15) is 30.9 Å². The molecule has 0 aromatic heterocycles. The molecule has 0 spiro atoms. The van der Waals surface area contributed by atoms with Gasteiger partial charge in [0.05, 0.1) is 0 Å². The maximum atomic E-state index is 12.9. The van der Waals surface area contributed by atoms with Crippen LogP contribution in [0.15, 0.2) is 48.5 Å². The predicted octanol–water partition coefficient (Wildman–Crippen LogP) is 4.02. The van der Waals surface area contributed by atoms with Crippen molar-refractivity contribution in [3.8, 4) is 0 Å². The van der Waals surface area contributed by atoms with Crippen molar-refractivity contribution in [3.05, 3.63) is 65.5 Å². The summed E-state index contributed by atoms with van der Waals surface area (Å²) in [6.45, 7) is 8.10. The average molecular weight is 369 g/mol. The molecule has 1 aliphatic rings. The van der Waals surface area contributed by atoms with Gasteiger partial charge in [0.15, 0.2) is 0 Å². The van der Waals surface area contributed by atoms with Crippen LogP contribution >= 0.6 is 0 Å². The zero-order chi connectivity index (χ0) is 19.2. The molecule has 4 nitrogen and oxygen atoms in total. The number of halogens is 1. The number of carbonyl (C=O) groups excluding carboxylic acids is 1. The first-order chi connectivity index (χ1) is 13.0. The molecule has 1 N–H and O–H groups in total. The summed E-state index contributed by atoms with van der Waals surface area (Å²) in [6.07, 6.45) is 0.702. The molecule has 144 valence electrons. The number of hydrogen-bond donors (Lipinski definition) is 1. The van der Waals surface area contributed by atoms with Crippen molar-refractivity contribution in [3.63, 3.8) is 0 Å². The number of rotatable bonds is 5. The summed E-state index contributed by atoms with van der Waals surface area (Å²) < 4.78 is 12.9. The zero-order valence-electron chi connectivity index (χ0n) is 16.1. The van der Waals surface area contributed by atoms with E-state index in [4.69, 9.17) is 0 Å². The van der Waals surface area contributed by atoms with Crippen LogP contribution in [0.4, 0.5) is 14.9 Å². The number of anilines is 1. The molecule has 2 aromatic carbocycles. The molecule has 0 aliphatic carbocycles. The van der Waals surface area contributed by atoms with E-state index >= 15 is 0 Å². The number of hydrogen-bond acceptors (Lipinski definition) is 2. The van der Waals surface area contributed by atoms with Crippen molar-refractivity contribution >= 4 is 11.7 Å². The van der Waals surface area contributed by atoms with Gasteiger partial charge in [0.1, 0.15) is 5.82 Å². The monoisotopic (exact) mass is 369 g/mol. The lowest BCUT2D eigenvalue weighted by atomic mass is 10.00. The maximum Gasteiger partial charge on any atom is 0.317 e. The molecule has 2 amide bonds. The van der Waals surface area contributed by atoms with Crippen LogP contribution in [0, 0.1) is 5.82 Å². The van der Waals surface area contributed by atoms with E-state index in [1.807, 2.05) is 4.90 Å². The van der Waals surface area contributed by atoms with Crippen LogP contribution in [-0.4, -0.2) is 43.7 Å². The smallest absolute Gasteiger partial charge is 0.317 e. The van der Waals surface area contributed by atoms with Gasteiger partial charge in [-0.2, -0.15) is 0 Å². The molecule has 0 unspecified atom stereocenters. The van der Waals surface area contributed by atoms with Crippen molar-refractivity contribution in [1.29, 1.82) is 0 Å². The average Bonchev–Trinajstić information content (AvgIpc) is 2.69. The molecular formula is C22H28FN3O. The molecule has 1 aliphatic heterocycles. The van der Waals surface area contributed by atoms with Crippen molar-refractivity contribution in [2.24, 2.45) is 0 Å². The Kier molecular flexibility index (Phi) is 6.32. The Morgan fingerprint density at radius 2 is 1.70 bits per heavy atom. The fraction of sp³-hybridized carbons (Fsp3) is 0.409. The molecule has 0 bridgehead atoms. The first-order valence-corrected chi connectivity index (χ1v) is 9.65. The van der Waals surface area contributed by atoms with Crippen molar-refractivity contribution in [2.75, 3.05) is 37.6 Å². The fourth-order valence-corrected chi connectivity index (χ4v) is 3.49. The second kappa shape index (κ2) is 8.89. The normalized spacial score (nSPS) is 14.5. The Hall–Kier alpha value is -2.56. The van der Waals surface area contributed by atoms with Crippen LogP contribution in [-0.2, 0) is 6.42 Å². The van der Waals surface area contributed by atoms with Crippen LogP contribution in [0.5, 0.6) is 0 Å². The number of nitrogens with zero attached hydrogens (tertiary/aromatic N) is 2. The molecule has 5 heteroatoms. The summed E-state index contributed by atoms with van der Waals surface area (Å²) in [5.41, 5.74) is 3.66. The highest BCUT2D eigenvalue weighted by Gasteiger charge is 2.22. The Balaban J connectivity index is 1.47.